The van der Waals surface area contributed by atoms with Crippen LogP contribution in [0.15, 0.2) is 24.3 Å². The number of hydrogen-bond acceptors (Lipinski definition) is 3. The number of nitrogens with one attached hydrogen (secondary N) is 1. The molecule has 1 N–H and O–H groups in total. The van der Waals surface area contributed by atoms with E-state index in [0.717, 1.165) is 25.3 Å². The number of aromatic nitrogens is 2. The van der Waals surface area contributed by atoms with E-state index in [9.17, 15) is 0 Å². The monoisotopic (exact) mass is 275 g/mol. The SMILES string of the molecule is CCNCc1nn(CCOC(C)(C)C)c2ccccc12. The van der Waals surface area contributed by atoms with Crippen molar-refractivity contribution in [2.75, 3.05) is 13.2 Å². The van der Waals surface area contributed by atoms with Crippen LogP contribution < -0.4 is 5.32 Å². The molecule has 0 saturated heterocycles. The zero-order valence-corrected chi connectivity index (χ0v) is 12.9. The van der Waals surface area contributed by atoms with Gasteiger partial charge in [0.2, 0.25) is 0 Å². The standard InChI is InChI=1S/C16H25N3O/c1-5-17-12-14-13-8-6-7-9-15(13)19(18-14)10-11-20-16(2,3)4/h6-9,17H,5,10-12H2,1-4H3. The Kier molecular flexibility index (Phi) is 4.78. The molecule has 0 aliphatic carbocycles. The van der Waals surface area contributed by atoms with Crippen molar-refractivity contribution in [2.45, 2.75) is 46.4 Å². The molecule has 1 aromatic carbocycles. The molecule has 0 radical (unpaired) electrons. The zero-order valence-electron chi connectivity index (χ0n) is 12.9. The maximum Gasteiger partial charge on any atom is 0.0841 e. The van der Waals surface area contributed by atoms with Gasteiger partial charge in [0.05, 0.1) is 30.0 Å². The molecule has 0 saturated carbocycles. The van der Waals surface area contributed by atoms with Gasteiger partial charge >= 0.3 is 0 Å². The van der Waals surface area contributed by atoms with E-state index in [0.29, 0.717) is 6.61 Å². The Labute approximate surface area is 121 Å². The summed E-state index contributed by atoms with van der Waals surface area (Å²) in [5, 5.41) is 9.29. The maximum atomic E-state index is 5.80. The van der Waals surface area contributed by atoms with E-state index in [1.165, 1.54) is 10.9 Å². The highest BCUT2D eigenvalue weighted by Crippen LogP contribution is 2.18. The van der Waals surface area contributed by atoms with Crippen molar-refractivity contribution in [1.82, 2.24) is 15.1 Å². The lowest BCUT2D eigenvalue weighted by molar-refractivity contribution is -0.00752. The van der Waals surface area contributed by atoms with Crippen LogP contribution in [0.3, 0.4) is 0 Å². The van der Waals surface area contributed by atoms with Crippen LogP contribution in [0.1, 0.15) is 33.4 Å². The summed E-state index contributed by atoms with van der Waals surface area (Å²) in [5.74, 6) is 0. The van der Waals surface area contributed by atoms with Gasteiger partial charge in [0, 0.05) is 11.9 Å². The number of benzene rings is 1. The van der Waals surface area contributed by atoms with E-state index in [1.54, 1.807) is 0 Å². The van der Waals surface area contributed by atoms with Crippen molar-refractivity contribution in [3.05, 3.63) is 30.0 Å². The first-order valence-corrected chi connectivity index (χ1v) is 7.30. The molecule has 110 valence electrons. The molecule has 0 bridgehead atoms. The van der Waals surface area contributed by atoms with Gasteiger partial charge in [0.15, 0.2) is 0 Å². The van der Waals surface area contributed by atoms with Gasteiger partial charge in [-0.15, -0.1) is 0 Å². The molecule has 0 spiro atoms. The summed E-state index contributed by atoms with van der Waals surface area (Å²) in [7, 11) is 0. The number of ether oxygens (including phenoxy) is 1. The molecule has 2 aromatic rings. The van der Waals surface area contributed by atoms with Crippen molar-refractivity contribution in [2.24, 2.45) is 0 Å². The minimum Gasteiger partial charge on any atom is -0.374 e. The highest BCUT2D eigenvalue weighted by Gasteiger charge is 2.12. The van der Waals surface area contributed by atoms with Gasteiger partial charge in [-0.1, -0.05) is 25.1 Å². The molecule has 0 atom stereocenters. The number of rotatable bonds is 6. The Hall–Kier alpha value is -1.39. The topological polar surface area (TPSA) is 39.1 Å². The second-order valence-electron chi connectivity index (χ2n) is 5.93. The first kappa shape index (κ1) is 15.0. The van der Waals surface area contributed by atoms with E-state index in [-0.39, 0.29) is 5.60 Å². The molecule has 0 unspecified atom stereocenters. The van der Waals surface area contributed by atoms with Gasteiger partial charge in [-0.25, -0.2) is 0 Å². The van der Waals surface area contributed by atoms with Crippen molar-refractivity contribution in [3.8, 4) is 0 Å². The first-order valence-electron chi connectivity index (χ1n) is 7.30. The van der Waals surface area contributed by atoms with E-state index in [2.05, 4.69) is 57.3 Å². The lowest BCUT2D eigenvalue weighted by Crippen LogP contribution is -2.22. The average Bonchev–Trinajstić information content (AvgIpc) is 2.74. The molecule has 0 aliphatic rings. The van der Waals surface area contributed by atoms with Crippen LogP contribution >= 0.6 is 0 Å². The van der Waals surface area contributed by atoms with Gasteiger partial charge in [-0.2, -0.15) is 5.10 Å². The molecular formula is C16H25N3O. The van der Waals surface area contributed by atoms with Crippen LogP contribution in [-0.4, -0.2) is 28.5 Å². The van der Waals surface area contributed by atoms with Crippen molar-refractivity contribution in [3.63, 3.8) is 0 Å². The van der Waals surface area contributed by atoms with Crippen LogP contribution in [0, 0.1) is 0 Å². The quantitative estimate of drug-likeness (QED) is 0.881. The van der Waals surface area contributed by atoms with E-state index >= 15 is 0 Å². The zero-order chi connectivity index (χ0) is 14.6. The maximum absolute atomic E-state index is 5.80. The Bertz CT molecular complexity index is 554. The second kappa shape index (κ2) is 6.37. The lowest BCUT2D eigenvalue weighted by atomic mass is 10.2. The van der Waals surface area contributed by atoms with Crippen LogP contribution in [0.25, 0.3) is 10.9 Å². The van der Waals surface area contributed by atoms with Crippen LogP contribution in [0.4, 0.5) is 0 Å². The average molecular weight is 275 g/mol. The fourth-order valence-corrected chi connectivity index (χ4v) is 2.18. The van der Waals surface area contributed by atoms with E-state index in [1.807, 2.05) is 4.68 Å². The number of nitrogens with zero attached hydrogens (tertiary/aromatic N) is 2. The molecule has 0 aliphatic heterocycles. The van der Waals surface area contributed by atoms with Crippen LogP contribution in [-0.2, 0) is 17.8 Å². The molecule has 20 heavy (non-hydrogen) atoms. The number of hydrogen-bond donors (Lipinski definition) is 1. The first-order chi connectivity index (χ1) is 9.51. The normalized spacial score (nSPS) is 12.2. The summed E-state index contributed by atoms with van der Waals surface area (Å²) >= 11 is 0. The van der Waals surface area contributed by atoms with Gasteiger partial charge in [-0.3, -0.25) is 4.68 Å². The van der Waals surface area contributed by atoms with Crippen molar-refractivity contribution >= 4 is 10.9 Å². The third-order valence-corrected chi connectivity index (χ3v) is 3.12. The van der Waals surface area contributed by atoms with Gasteiger partial charge in [-0.05, 0) is 33.4 Å². The lowest BCUT2D eigenvalue weighted by Gasteiger charge is -2.19. The second-order valence-corrected chi connectivity index (χ2v) is 5.93. The minimum atomic E-state index is -0.102. The smallest absolute Gasteiger partial charge is 0.0841 e. The summed E-state index contributed by atoms with van der Waals surface area (Å²) in [6.07, 6.45) is 0. The van der Waals surface area contributed by atoms with E-state index < -0.39 is 0 Å². The minimum absolute atomic E-state index is 0.102. The molecule has 0 amide bonds. The molecule has 2 rings (SSSR count). The summed E-state index contributed by atoms with van der Waals surface area (Å²) < 4.78 is 7.85. The number of fused-ring (bicyclic) bond motifs is 1. The highest BCUT2D eigenvalue weighted by atomic mass is 16.5. The summed E-state index contributed by atoms with van der Waals surface area (Å²) in [4.78, 5) is 0. The molecule has 0 fully saturated rings. The molecule has 4 nitrogen and oxygen atoms in total. The van der Waals surface area contributed by atoms with Crippen molar-refractivity contribution in [1.29, 1.82) is 0 Å². The third kappa shape index (κ3) is 3.81. The Balaban J connectivity index is 2.16. The predicted molar refractivity (Wildman–Crippen MR) is 82.8 cm³/mol. The molecule has 1 heterocycles. The summed E-state index contributed by atoms with van der Waals surface area (Å²) in [5.41, 5.74) is 2.19. The van der Waals surface area contributed by atoms with Crippen LogP contribution in [0.5, 0.6) is 0 Å². The fraction of sp³-hybridized carbons (Fsp3) is 0.562. The van der Waals surface area contributed by atoms with Crippen LogP contribution in [0.2, 0.25) is 0 Å². The van der Waals surface area contributed by atoms with Gasteiger partial charge in [0.25, 0.3) is 0 Å². The molecular weight excluding hydrogens is 250 g/mol. The van der Waals surface area contributed by atoms with Crippen molar-refractivity contribution < 1.29 is 4.74 Å². The Morgan fingerprint density at radius 2 is 2.00 bits per heavy atom. The predicted octanol–water partition coefficient (Wildman–Crippen LogP) is 2.96. The van der Waals surface area contributed by atoms with Gasteiger partial charge < -0.3 is 10.1 Å². The molecule has 1 aromatic heterocycles. The van der Waals surface area contributed by atoms with E-state index in [4.69, 9.17) is 9.84 Å². The number of para-hydroxylation sites is 1. The Morgan fingerprint density at radius 3 is 2.70 bits per heavy atom. The molecule has 4 heteroatoms. The highest BCUT2D eigenvalue weighted by molar-refractivity contribution is 5.81. The third-order valence-electron chi connectivity index (χ3n) is 3.12. The fourth-order valence-electron chi connectivity index (χ4n) is 2.18. The summed E-state index contributed by atoms with van der Waals surface area (Å²) in [6, 6.07) is 8.38. The summed E-state index contributed by atoms with van der Waals surface area (Å²) in [6.45, 7) is 11.6. The van der Waals surface area contributed by atoms with Gasteiger partial charge in [0.1, 0.15) is 0 Å². The Morgan fingerprint density at radius 1 is 1.25 bits per heavy atom. The largest absolute Gasteiger partial charge is 0.374 e.